The van der Waals surface area contributed by atoms with E-state index in [0.717, 1.165) is 23.7 Å². The first-order chi connectivity index (χ1) is 6.11. The van der Waals surface area contributed by atoms with Crippen molar-refractivity contribution >= 4 is 0 Å². The molecule has 0 aromatic carbocycles. The second-order valence-corrected chi connectivity index (χ2v) is 5.75. The van der Waals surface area contributed by atoms with E-state index in [4.69, 9.17) is 0 Å². The third-order valence-electron chi connectivity index (χ3n) is 5.47. The monoisotopic (exact) mass is 180 g/mol. The Kier molecular flexibility index (Phi) is 2.20. The Morgan fingerprint density at radius 2 is 1.92 bits per heavy atom. The second kappa shape index (κ2) is 3.00. The van der Waals surface area contributed by atoms with Crippen molar-refractivity contribution in [2.45, 2.75) is 53.4 Å². The lowest BCUT2D eigenvalue weighted by Gasteiger charge is -2.42. The summed E-state index contributed by atoms with van der Waals surface area (Å²) in [6.45, 7) is 9.89. The van der Waals surface area contributed by atoms with E-state index >= 15 is 0 Å². The van der Waals surface area contributed by atoms with E-state index in [0.29, 0.717) is 5.41 Å². The van der Waals surface area contributed by atoms with Crippen LogP contribution in [-0.4, -0.2) is 0 Å². The summed E-state index contributed by atoms with van der Waals surface area (Å²) >= 11 is 0. The molecule has 0 saturated heterocycles. The highest BCUT2D eigenvalue weighted by molar-refractivity contribution is 5.05. The average molecular weight is 180 g/mol. The van der Waals surface area contributed by atoms with Gasteiger partial charge in [-0.05, 0) is 48.3 Å². The molecule has 0 radical (unpaired) electrons. The Balaban J connectivity index is 2.18. The molecular weight excluding hydrogens is 156 g/mol. The van der Waals surface area contributed by atoms with E-state index in [1.807, 2.05) is 0 Å². The van der Waals surface area contributed by atoms with Gasteiger partial charge in [-0.2, -0.15) is 0 Å². The van der Waals surface area contributed by atoms with Crippen LogP contribution in [0.5, 0.6) is 0 Å². The quantitative estimate of drug-likeness (QED) is 0.600. The van der Waals surface area contributed by atoms with Crippen LogP contribution in [0.1, 0.15) is 53.4 Å². The first-order valence-electron chi connectivity index (χ1n) is 6.11. The van der Waals surface area contributed by atoms with Crippen LogP contribution in [0.3, 0.4) is 0 Å². The maximum atomic E-state index is 2.56. The van der Waals surface area contributed by atoms with Crippen LogP contribution in [-0.2, 0) is 0 Å². The molecule has 0 spiro atoms. The van der Waals surface area contributed by atoms with Crippen LogP contribution in [0.4, 0.5) is 0 Å². The zero-order valence-corrected chi connectivity index (χ0v) is 9.64. The van der Waals surface area contributed by atoms with Gasteiger partial charge in [0.2, 0.25) is 0 Å². The zero-order valence-electron chi connectivity index (χ0n) is 9.64. The Morgan fingerprint density at radius 3 is 2.31 bits per heavy atom. The second-order valence-electron chi connectivity index (χ2n) is 5.75. The summed E-state index contributed by atoms with van der Waals surface area (Å²) in [5.74, 6) is 4.13. The molecule has 0 amide bonds. The highest BCUT2D eigenvalue weighted by Gasteiger charge is 2.56. The summed E-state index contributed by atoms with van der Waals surface area (Å²) in [5.41, 5.74) is 0.692. The molecule has 0 N–H and O–H groups in total. The fraction of sp³-hybridized carbons (Fsp3) is 1.00. The molecule has 2 aliphatic carbocycles. The standard InChI is InChI=1S/C13H24/c1-5-8-13(4)10(3)9(2)11-6-7-12(11)13/h9-12H,5-8H2,1-4H3. The van der Waals surface area contributed by atoms with Gasteiger partial charge in [0.25, 0.3) is 0 Å². The Labute approximate surface area is 83.1 Å². The molecule has 0 aromatic heterocycles. The molecule has 0 heterocycles. The Morgan fingerprint density at radius 1 is 1.23 bits per heavy atom. The van der Waals surface area contributed by atoms with Gasteiger partial charge in [-0.1, -0.05) is 34.1 Å². The molecule has 13 heavy (non-hydrogen) atoms. The topological polar surface area (TPSA) is 0 Å². The van der Waals surface area contributed by atoms with Gasteiger partial charge in [-0.15, -0.1) is 0 Å². The number of hydrogen-bond donors (Lipinski definition) is 0. The van der Waals surface area contributed by atoms with Gasteiger partial charge < -0.3 is 0 Å². The van der Waals surface area contributed by atoms with Gasteiger partial charge in [-0.25, -0.2) is 0 Å². The fourth-order valence-corrected chi connectivity index (χ4v) is 4.23. The molecule has 0 aromatic rings. The lowest BCUT2D eigenvalue weighted by Crippen LogP contribution is -2.34. The number of hydrogen-bond acceptors (Lipinski definition) is 0. The largest absolute Gasteiger partial charge is 0.0654 e. The smallest absolute Gasteiger partial charge is 0.0267 e. The van der Waals surface area contributed by atoms with Gasteiger partial charge in [-0.3, -0.25) is 0 Å². The van der Waals surface area contributed by atoms with Gasteiger partial charge in [0, 0.05) is 0 Å². The molecule has 2 aliphatic rings. The summed E-state index contributed by atoms with van der Waals surface area (Å²) in [6, 6.07) is 0. The molecular formula is C13H24. The van der Waals surface area contributed by atoms with Crippen molar-refractivity contribution in [2.24, 2.45) is 29.1 Å². The van der Waals surface area contributed by atoms with Crippen LogP contribution < -0.4 is 0 Å². The van der Waals surface area contributed by atoms with Crippen molar-refractivity contribution in [1.82, 2.24) is 0 Å². The lowest BCUT2D eigenvalue weighted by atomic mass is 9.63. The molecule has 76 valence electrons. The van der Waals surface area contributed by atoms with Gasteiger partial charge in [0.05, 0.1) is 0 Å². The van der Waals surface area contributed by atoms with Gasteiger partial charge >= 0.3 is 0 Å². The third-order valence-corrected chi connectivity index (χ3v) is 5.47. The molecule has 0 aliphatic heterocycles. The summed E-state index contributed by atoms with van der Waals surface area (Å²) in [7, 11) is 0. The van der Waals surface area contributed by atoms with Gasteiger partial charge in [0.1, 0.15) is 0 Å². The minimum atomic E-state index is 0.692. The van der Waals surface area contributed by atoms with Crippen LogP contribution >= 0.6 is 0 Å². The van der Waals surface area contributed by atoms with Crippen LogP contribution in [0.25, 0.3) is 0 Å². The van der Waals surface area contributed by atoms with Crippen molar-refractivity contribution in [3.63, 3.8) is 0 Å². The normalized spacial score (nSPS) is 54.5. The van der Waals surface area contributed by atoms with E-state index < -0.39 is 0 Å². The predicted molar refractivity (Wildman–Crippen MR) is 57.6 cm³/mol. The molecule has 5 unspecified atom stereocenters. The molecule has 0 nitrogen and oxygen atoms in total. The van der Waals surface area contributed by atoms with E-state index in [1.54, 1.807) is 0 Å². The number of fused-ring (bicyclic) bond motifs is 1. The summed E-state index contributed by atoms with van der Waals surface area (Å²) in [5, 5.41) is 0. The molecule has 2 saturated carbocycles. The van der Waals surface area contributed by atoms with Gasteiger partial charge in [0.15, 0.2) is 0 Å². The SMILES string of the molecule is CCCC1(C)C(C)C(C)C2CCC21. The first kappa shape index (κ1) is 9.55. The summed E-state index contributed by atoms with van der Waals surface area (Å²) in [4.78, 5) is 0. The fourth-order valence-electron chi connectivity index (χ4n) is 4.23. The van der Waals surface area contributed by atoms with E-state index in [9.17, 15) is 0 Å². The lowest BCUT2D eigenvalue weighted by molar-refractivity contribution is 0.0710. The van der Waals surface area contributed by atoms with Crippen molar-refractivity contribution < 1.29 is 0 Å². The van der Waals surface area contributed by atoms with E-state index in [1.165, 1.54) is 25.7 Å². The van der Waals surface area contributed by atoms with Crippen molar-refractivity contribution in [3.05, 3.63) is 0 Å². The maximum absolute atomic E-state index is 2.56. The maximum Gasteiger partial charge on any atom is -0.0267 e. The first-order valence-corrected chi connectivity index (χ1v) is 6.11. The molecule has 0 bridgehead atoms. The Hall–Kier alpha value is 0. The third kappa shape index (κ3) is 1.10. The van der Waals surface area contributed by atoms with E-state index in [2.05, 4.69) is 27.7 Å². The highest BCUT2D eigenvalue weighted by Crippen LogP contribution is 2.64. The van der Waals surface area contributed by atoms with E-state index in [-0.39, 0.29) is 0 Å². The summed E-state index contributed by atoms with van der Waals surface area (Å²) in [6.07, 6.45) is 5.88. The summed E-state index contributed by atoms with van der Waals surface area (Å²) < 4.78 is 0. The molecule has 0 heteroatoms. The van der Waals surface area contributed by atoms with Crippen LogP contribution in [0.2, 0.25) is 0 Å². The molecule has 2 fully saturated rings. The van der Waals surface area contributed by atoms with Crippen molar-refractivity contribution in [3.8, 4) is 0 Å². The Bertz CT molecular complexity index is 188. The van der Waals surface area contributed by atoms with Crippen molar-refractivity contribution in [2.75, 3.05) is 0 Å². The average Bonchev–Trinajstić information content (AvgIpc) is 2.10. The minimum absolute atomic E-state index is 0.692. The number of rotatable bonds is 2. The van der Waals surface area contributed by atoms with Crippen LogP contribution in [0.15, 0.2) is 0 Å². The van der Waals surface area contributed by atoms with Crippen LogP contribution in [0, 0.1) is 29.1 Å². The molecule has 5 atom stereocenters. The molecule has 2 rings (SSSR count). The zero-order chi connectivity index (χ0) is 9.64. The highest BCUT2D eigenvalue weighted by atomic mass is 14.6. The minimum Gasteiger partial charge on any atom is -0.0654 e. The predicted octanol–water partition coefficient (Wildman–Crippen LogP) is 4.10. The van der Waals surface area contributed by atoms with Crippen molar-refractivity contribution in [1.29, 1.82) is 0 Å².